The molecule has 7 heteroatoms. The molecule has 0 spiro atoms. The van der Waals surface area contributed by atoms with E-state index < -0.39 is 23.5 Å². The van der Waals surface area contributed by atoms with Crippen LogP contribution in [0.2, 0.25) is 0 Å². The normalized spacial score (nSPS) is 15.8. The molecule has 1 aliphatic rings. The van der Waals surface area contributed by atoms with Gasteiger partial charge >= 0.3 is 0 Å². The van der Waals surface area contributed by atoms with Crippen LogP contribution in [0.1, 0.15) is 43.4 Å². The van der Waals surface area contributed by atoms with Crippen LogP contribution < -0.4 is 4.74 Å². The molecule has 0 radical (unpaired) electrons. The Kier molecular flexibility index (Phi) is 8.34. The van der Waals surface area contributed by atoms with Crippen molar-refractivity contribution in [2.24, 2.45) is 0 Å². The summed E-state index contributed by atoms with van der Waals surface area (Å²) < 4.78 is 7.70. The molecule has 7 nitrogen and oxygen atoms in total. The van der Waals surface area contributed by atoms with E-state index in [0.29, 0.717) is 26.1 Å². The van der Waals surface area contributed by atoms with Crippen LogP contribution in [0.25, 0.3) is 6.08 Å². The third kappa shape index (κ3) is 5.92. The van der Waals surface area contributed by atoms with E-state index >= 15 is 0 Å². The summed E-state index contributed by atoms with van der Waals surface area (Å²) in [6.07, 6.45) is 11.0. The number of imidazole rings is 1. The molecule has 0 bridgehead atoms. The zero-order valence-electron chi connectivity index (χ0n) is 20.4. The molecule has 1 N–H and O–H groups in total. The number of aryl methyl sites for hydroxylation is 1. The number of hydrogen-bond donors (Lipinski definition) is 1. The number of ether oxygens (including phenoxy) is 1. The molecule has 2 heterocycles. The Balaban J connectivity index is 1.59. The lowest BCUT2D eigenvalue weighted by Crippen LogP contribution is -2.32. The van der Waals surface area contributed by atoms with Gasteiger partial charge in [-0.05, 0) is 42.2 Å². The summed E-state index contributed by atoms with van der Waals surface area (Å²) in [5.41, 5.74) is 1.70. The molecule has 3 aromatic rings. The first-order valence-corrected chi connectivity index (χ1v) is 12.3. The lowest BCUT2D eigenvalue weighted by Gasteiger charge is -2.27. The van der Waals surface area contributed by atoms with Gasteiger partial charge in [0.25, 0.3) is 5.91 Å². The van der Waals surface area contributed by atoms with Crippen molar-refractivity contribution in [3.63, 3.8) is 0 Å². The third-order valence-corrected chi connectivity index (χ3v) is 6.13. The summed E-state index contributed by atoms with van der Waals surface area (Å²) in [5.74, 6) is -0.692. The Hall–Kier alpha value is -4.13. The van der Waals surface area contributed by atoms with Crippen LogP contribution in [-0.4, -0.2) is 44.4 Å². The summed E-state index contributed by atoms with van der Waals surface area (Å²) in [4.78, 5) is 32.0. The van der Waals surface area contributed by atoms with E-state index in [2.05, 4.69) is 11.9 Å². The van der Waals surface area contributed by atoms with Gasteiger partial charge in [0.2, 0.25) is 0 Å². The number of hydrogen-bond acceptors (Lipinski definition) is 5. The Bertz CT molecular complexity index is 1220. The number of aliphatic hydroxyl groups excluding tert-OH is 1. The second kappa shape index (κ2) is 12.0. The molecule has 1 amide bonds. The van der Waals surface area contributed by atoms with Crippen LogP contribution in [0.15, 0.2) is 90.7 Å². The number of amides is 1. The largest absolute Gasteiger partial charge is 0.503 e. The molecule has 0 saturated heterocycles. The first-order valence-electron chi connectivity index (χ1n) is 12.3. The summed E-state index contributed by atoms with van der Waals surface area (Å²) in [6, 6.07) is 16.2. The molecule has 4 rings (SSSR count). The predicted octanol–water partition coefficient (Wildman–Crippen LogP) is 5.13. The van der Waals surface area contributed by atoms with E-state index in [-0.39, 0.29) is 5.57 Å². The van der Waals surface area contributed by atoms with Crippen molar-refractivity contribution in [3.8, 4) is 5.75 Å². The number of carbonyl (C=O) groups is 2. The molecular weight excluding hydrogens is 454 g/mol. The molecule has 36 heavy (non-hydrogen) atoms. The summed E-state index contributed by atoms with van der Waals surface area (Å²) in [6.45, 7) is 3.78. The quantitative estimate of drug-likeness (QED) is 0.284. The molecule has 0 aliphatic carbocycles. The summed E-state index contributed by atoms with van der Waals surface area (Å²) in [7, 11) is 0. The highest BCUT2D eigenvalue weighted by molar-refractivity contribution is 6.14. The van der Waals surface area contributed by atoms with Gasteiger partial charge in [0.1, 0.15) is 5.75 Å². The Morgan fingerprint density at radius 3 is 2.56 bits per heavy atom. The maximum Gasteiger partial charge on any atom is 0.290 e. The van der Waals surface area contributed by atoms with Gasteiger partial charge in [-0.1, -0.05) is 61.9 Å². The number of unbranched alkanes of at least 4 members (excludes halogenated alkanes) is 1. The van der Waals surface area contributed by atoms with E-state index in [9.17, 15) is 14.7 Å². The fraction of sp³-hybridized carbons (Fsp3) is 0.276. The minimum absolute atomic E-state index is 0.0921. The van der Waals surface area contributed by atoms with Crippen molar-refractivity contribution < 1.29 is 19.4 Å². The highest BCUT2D eigenvalue weighted by Gasteiger charge is 2.42. The predicted molar refractivity (Wildman–Crippen MR) is 138 cm³/mol. The molecule has 1 aliphatic heterocycles. The van der Waals surface area contributed by atoms with Crippen molar-refractivity contribution >= 4 is 17.8 Å². The van der Waals surface area contributed by atoms with E-state index in [1.165, 1.54) is 6.08 Å². The van der Waals surface area contributed by atoms with Crippen LogP contribution in [0, 0.1) is 0 Å². The van der Waals surface area contributed by atoms with E-state index in [4.69, 9.17) is 4.74 Å². The van der Waals surface area contributed by atoms with Gasteiger partial charge in [-0.25, -0.2) is 4.98 Å². The second-order valence-electron chi connectivity index (χ2n) is 8.70. The van der Waals surface area contributed by atoms with Crippen molar-refractivity contribution in [1.29, 1.82) is 0 Å². The molecule has 2 aromatic carbocycles. The molecule has 186 valence electrons. The monoisotopic (exact) mass is 485 g/mol. The number of ketones is 1. The molecular formula is C29H31N3O4. The van der Waals surface area contributed by atoms with E-state index in [0.717, 1.165) is 29.7 Å². The van der Waals surface area contributed by atoms with Crippen molar-refractivity contribution in [3.05, 3.63) is 102 Å². The van der Waals surface area contributed by atoms with Gasteiger partial charge in [0.15, 0.2) is 11.5 Å². The van der Waals surface area contributed by atoms with Crippen molar-refractivity contribution in [2.75, 3.05) is 13.2 Å². The average molecular weight is 486 g/mol. The maximum atomic E-state index is 13.3. The number of allylic oxidation sites excluding steroid dienone is 1. The minimum atomic E-state index is -0.682. The maximum absolute atomic E-state index is 13.3. The lowest BCUT2D eigenvalue weighted by atomic mass is 9.95. The highest BCUT2D eigenvalue weighted by Crippen LogP contribution is 2.38. The molecule has 0 fully saturated rings. The summed E-state index contributed by atoms with van der Waals surface area (Å²) in [5, 5.41) is 10.8. The van der Waals surface area contributed by atoms with Crippen LogP contribution >= 0.6 is 0 Å². The Labute approximate surface area is 211 Å². The van der Waals surface area contributed by atoms with Crippen LogP contribution in [0.5, 0.6) is 5.75 Å². The van der Waals surface area contributed by atoms with Gasteiger partial charge in [0.05, 0.1) is 24.5 Å². The molecule has 1 atom stereocenters. The molecule has 1 unspecified atom stereocenters. The first kappa shape index (κ1) is 25.0. The third-order valence-electron chi connectivity index (χ3n) is 6.13. The first-order chi connectivity index (χ1) is 17.6. The fourth-order valence-corrected chi connectivity index (χ4v) is 4.23. The van der Waals surface area contributed by atoms with Gasteiger partial charge < -0.3 is 19.3 Å². The average Bonchev–Trinajstić information content (AvgIpc) is 3.51. The lowest BCUT2D eigenvalue weighted by molar-refractivity contribution is -0.129. The smallest absolute Gasteiger partial charge is 0.290 e. The van der Waals surface area contributed by atoms with Gasteiger partial charge in [-0.2, -0.15) is 0 Å². The minimum Gasteiger partial charge on any atom is -0.503 e. The van der Waals surface area contributed by atoms with Gasteiger partial charge in [0, 0.05) is 25.5 Å². The number of aliphatic hydroxyl groups is 1. The second-order valence-corrected chi connectivity index (χ2v) is 8.70. The van der Waals surface area contributed by atoms with Crippen LogP contribution in [0.4, 0.5) is 0 Å². The number of rotatable bonds is 12. The number of aromatic nitrogens is 2. The number of benzene rings is 2. The SMILES string of the molecule is CCCCOc1ccc(C2C(C(=O)C=Cc3ccccc3)=C(O)C(=O)N2CCCn2ccnc2)cc1. The van der Waals surface area contributed by atoms with Crippen molar-refractivity contribution in [2.45, 2.75) is 38.8 Å². The zero-order chi connectivity index (χ0) is 25.3. The topological polar surface area (TPSA) is 84.7 Å². The number of carbonyl (C=O) groups excluding carboxylic acids is 2. The molecule has 0 saturated carbocycles. The fourth-order valence-electron chi connectivity index (χ4n) is 4.23. The highest BCUT2D eigenvalue weighted by atomic mass is 16.5. The van der Waals surface area contributed by atoms with Crippen molar-refractivity contribution in [1.82, 2.24) is 14.5 Å². The van der Waals surface area contributed by atoms with E-state index in [1.807, 2.05) is 65.4 Å². The molecule has 1 aromatic heterocycles. The van der Waals surface area contributed by atoms with Crippen LogP contribution in [-0.2, 0) is 16.1 Å². The Morgan fingerprint density at radius 2 is 1.86 bits per heavy atom. The van der Waals surface area contributed by atoms with Gasteiger partial charge in [-0.15, -0.1) is 0 Å². The van der Waals surface area contributed by atoms with Gasteiger partial charge in [-0.3, -0.25) is 9.59 Å². The Morgan fingerprint density at radius 1 is 1.08 bits per heavy atom. The standard InChI is InChI=1S/C29H31N3O4/c1-2-3-20-36-24-13-11-23(12-14-24)27-26(25(33)15-10-22-8-5-4-6-9-22)28(34)29(35)32(27)18-7-17-31-19-16-30-21-31/h4-6,8-16,19,21,27,34H,2-3,7,17-18,20H2,1H3. The number of nitrogens with zero attached hydrogens (tertiary/aromatic N) is 3. The zero-order valence-corrected chi connectivity index (χ0v) is 20.4. The van der Waals surface area contributed by atoms with Crippen LogP contribution in [0.3, 0.4) is 0 Å². The summed E-state index contributed by atoms with van der Waals surface area (Å²) >= 11 is 0. The van der Waals surface area contributed by atoms with E-state index in [1.54, 1.807) is 23.5 Å².